The molecular weight excluding hydrogens is 268 g/mol. The molecule has 0 aliphatic heterocycles. The number of carbonyl (C=O) groups is 1. The first kappa shape index (κ1) is 13.1. The minimum Gasteiger partial charge on any atom is -0.504 e. The average Bonchev–Trinajstić information content (AvgIpc) is 2.43. The van der Waals surface area contributed by atoms with Gasteiger partial charge in [0.05, 0.1) is 5.60 Å². The highest BCUT2D eigenvalue weighted by Crippen LogP contribution is 2.62. The molecule has 3 aliphatic carbocycles. The number of hydrogen-bond acceptors (Lipinski definition) is 4. The van der Waals surface area contributed by atoms with Crippen LogP contribution in [0.1, 0.15) is 49.7 Å². The van der Waals surface area contributed by atoms with E-state index in [4.69, 9.17) is 0 Å². The number of rotatable bonds is 0. The molecular formula is C17H20O4. The van der Waals surface area contributed by atoms with E-state index in [9.17, 15) is 20.1 Å². The third-order valence-electron chi connectivity index (χ3n) is 6.13. The lowest BCUT2D eigenvalue weighted by molar-refractivity contribution is -0.160. The van der Waals surface area contributed by atoms with Gasteiger partial charge in [-0.3, -0.25) is 4.79 Å². The van der Waals surface area contributed by atoms with Gasteiger partial charge in [-0.1, -0.05) is 12.5 Å². The molecule has 2 saturated carbocycles. The Kier molecular flexibility index (Phi) is 2.51. The van der Waals surface area contributed by atoms with Gasteiger partial charge in [0.2, 0.25) is 0 Å². The number of carbonyl (C=O) groups excluding carboxylic acids is 1. The summed E-state index contributed by atoms with van der Waals surface area (Å²) in [5.74, 6) is 0.000191. The van der Waals surface area contributed by atoms with Crippen molar-refractivity contribution >= 4 is 5.78 Å². The second-order valence-electron chi connectivity index (χ2n) is 6.98. The van der Waals surface area contributed by atoms with Crippen molar-refractivity contribution in [3.8, 4) is 11.5 Å². The molecule has 0 heterocycles. The van der Waals surface area contributed by atoms with Crippen molar-refractivity contribution in [2.24, 2.45) is 5.92 Å². The molecule has 21 heavy (non-hydrogen) atoms. The molecule has 4 rings (SSSR count). The van der Waals surface area contributed by atoms with Crippen LogP contribution in [0.25, 0.3) is 0 Å². The predicted octanol–water partition coefficient (Wildman–Crippen LogP) is 2.18. The minimum atomic E-state index is -0.919. The molecule has 1 aromatic rings. The van der Waals surface area contributed by atoms with E-state index in [0.717, 1.165) is 24.8 Å². The zero-order chi connectivity index (χ0) is 14.8. The van der Waals surface area contributed by atoms with E-state index in [1.807, 2.05) is 6.07 Å². The predicted molar refractivity (Wildman–Crippen MR) is 76.3 cm³/mol. The molecule has 2 bridgehead atoms. The Morgan fingerprint density at radius 3 is 2.81 bits per heavy atom. The first-order chi connectivity index (χ1) is 9.98. The highest BCUT2D eigenvalue weighted by atomic mass is 16.3. The number of benzene rings is 1. The van der Waals surface area contributed by atoms with Crippen LogP contribution in [0.15, 0.2) is 12.1 Å². The summed E-state index contributed by atoms with van der Waals surface area (Å²) in [6, 6.07) is 3.35. The zero-order valence-electron chi connectivity index (χ0n) is 11.9. The largest absolute Gasteiger partial charge is 0.504 e. The third kappa shape index (κ3) is 1.46. The Labute approximate surface area is 123 Å². The molecule has 0 spiro atoms. The van der Waals surface area contributed by atoms with Crippen LogP contribution in [0.5, 0.6) is 11.5 Å². The van der Waals surface area contributed by atoms with Crippen LogP contribution in [0.2, 0.25) is 0 Å². The Bertz CT molecular complexity index is 638. The maximum Gasteiger partial charge on any atom is 0.161 e. The van der Waals surface area contributed by atoms with Gasteiger partial charge in [0, 0.05) is 23.8 Å². The number of phenols is 2. The number of Topliss-reactive ketones (excluding diaryl/α,β-unsaturated/α-hetero) is 1. The SMILES string of the molecule is O=C1CC[C@@]2(O)[C@@H]3CCCC2(C1)c1c(ccc(O)c1O)C3. The van der Waals surface area contributed by atoms with Gasteiger partial charge in [0.1, 0.15) is 5.78 Å². The quantitative estimate of drug-likeness (QED) is 0.639. The van der Waals surface area contributed by atoms with Gasteiger partial charge in [0.15, 0.2) is 11.5 Å². The molecule has 112 valence electrons. The van der Waals surface area contributed by atoms with Gasteiger partial charge < -0.3 is 15.3 Å². The van der Waals surface area contributed by atoms with Gasteiger partial charge in [0.25, 0.3) is 0 Å². The van der Waals surface area contributed by atoms with Crippen molar-refractivity contribution in [3.63, 3.8) is 0 Å². The first-order valence-corrected chi connectivity index (χ1v) is 7.76. The molecule has 0 amide bonds. The molecule has 3 atom stereocenters. The number of fused-ring (bicyclic) bond motifs is 1. The van der Waals surface area contributed by atoms with Crippen LogP contribution >= 0.6 is 0 Å². The normalized spacial score (nSPS) is 37.8. The van der Waals surface area contributed by atoms with Gasteiger partial charge in [-0.15, -0.1) is 0 Å². The lowest BCUT2D eigenvalue weighted by atomic mass is 9.46. The lowest BCUT2D eigenvalue weighted by Crippen LogP contribution is -2.64. The number of aliphatic hydroxyl groups is 1. The number of hydrogen-bond donors (Lipinski definition) is 3. The van der Waals surface area contributed by atoms with E-state index in [2.05, 4.69) is 0 Å². The van der Waals surface area contributed by atoms with E-state index in [-0.39, 0.29) is 29.6 Å². The molecule has 4 nitrogen and oxygen atoms in total. The Hall–Kier alpha value is -1.55. The van der Waals surface area contributed by atoms with Crippen molar-refractivity contribution in [3.05, 3.63) is 23.3 Å². The first-order valence-electron chi connectivity index (χ1n) is 7.76. The third-order valence-corrected chi connectivity index (χ3v) is 6.13. The summed E-state index contributed by atoms with van der Waals surface area (Å²) in [6.45, 7) is 0. The van der Waals surface area contributed by atoms with Crippen molar-refractivity contribution in [1.82, 2.24) is 0 Å². The molecule has 1 unspecified atom stereocenters. The zero-order valence-corrected chi connectivity index (χ0v) is 11.9. The van der Waals surface area contributed by atoms with E-state index < -0.39 is 11.0 Å². The van der Waals surface area contributed by atoms with Crippen LogP contribution in [0.3, 0.4) is 0 Å². The second kappa shape index (κ2) is 4.01. The summed E-state index contributed by atoms with van der Waals surface area (Å²) in [4.78, 5) is 12.1. The van der Waals surface area contributed by atoms with Crippen LogP contribution in [0, 0.1) is 5.92 Å². The van der Waals surface area contributed by atoms with E-state index in [0.29, 0.717) is 24.8 Å². The van der Waals surface area contributed by atoms with Crippen LogP contribution in [0.4, 0.5) is 0 Å². The fourth-order valence-corrected chi connectivity index (χ4v) is 5.23. The van der Waals surface area contributed by atoms with Crippen molar-refractivity contribution < 1.29 is 20.1 Å². The average molecular weight is 288 g/mol. The van der Waals surface area contributed by atoms with Gasteiger partial charge in [-0.2, -0.15) is 0 Å². The molecule has 3 N–H and O–H groups in total. The van der Waals surface area contributed by atoms with E-state index in [1.165, 1.54) is 6.07 Å². The van der Waals surface area contributed by atoms with E-state index >= 15 is 0 Å². The fourth-order valence-electron chi connectivity index (χ4n) is 5.23. The molecule has 3 aliphatic rings. The monoisotopic (exact) mass is 288 g/mol. The van der Waals surface area contributed by atoms with Crippen LogP contribution in [-0.2, 0) is 16.6 Å². The molecule has 0 aromatic heterocycles. The highest BCUT2D eigenvalue weighted by Gasteiger charge is 2.63. The second-order valence-corrected chi connectivity index (χ2v) is 6.98. The Morgan fingerprint density at radius 1 is 1.19 bits per heavy atom. The van der Waals surface area contributed by atoms with Gasteiger partial charge in [-0.05, 0) is 43.2 Å². The highest BCUT2D eigenvalue weighted by molar-refractivity contribution is 5.83. The summed E-state index contributed by atoms with van der Waals surface area (Å²) in [5, 5.41) is 31.7. The summed E-state index contributed by atoms with van der Waals surface area (Å²) in [6.07, 6.45) is 4.52. The maximum atomic E-state index is 12.1. The number of aromatic hydroxyl groups is 2. The van der Waals surface area contributed by atoms with Crippen LogP contribution in [-0.4, -0.2) is 26.7 Å². The maximum absolute atomic E-state index is 12.1. The van der Waals surface area contributed by atoms with E-state index in [1.54, 1.807) is 0 Å². The molecule has 4 heteroatoms. The van der Waals surface area contributed by atoms with Crippen LogP contribution < -0.4 is 0 Å². The summed E-state index contributed by atoms with van der Waals surface area (Å²) in [5.41, 5.74) is -0.0117. The Balaban J connectivity index is 2.02. The Morgan fingerprint density at radius 2 is 2.00 bits per heavy atom. The number of ketones is 1. The topological polar surface area (TPSA) is 77.8 Å². The fraction of sp³-hybridized carbons (Fsp3) is 0.588. The molecule has 0 radical (unpaired) electrons. The van der Waals surface area contributed by atoms with Gasteiger partial charge >= 0.3 is 0 Å². The summed E-state index contributed by atoms with van der Waals surface area (Å²) in [7, 11) is 0. The van der Waals surface area contributed by atoms with Gasteiger partial charge in [-0.25, -0.2) is 0 Å². The minimum absolute atomic E-state index is 0.138. The van der Waals surface area contributed by atoms with Crippen molar-refractivity contribution in [2.75, 3.05) is 0 Å². The molecule has 1 aromatic carbocycles. The van der Waals surface area contributed by atoms with Crippen molar-refractivity contribution in [2.45, 2.75) is 56.0 Å². The standard InChI is InChI=1S/C17H20O4/c18-12-5-7-17(21)11-2-1-6-16(17,9-12)14-10(8-11)3-4-13(19)15(14)20/h3-4,11,19-21H,1-2,5-9H2/t11-,16?,17-/m1/s1. The molecule has 2 fully saturated rings. The van der Waals surface area contributed by atoms with Crippen molar-refractivity contribution in [1.29, 1.82) is 0 Å². The smallest absolute Gasteiger partial charge is 0.161 e. The number of phenolic OH excluding ortho intramolecular Hbond substituents is 2. The lowest BCUT2D eigenvalue weighted by Gasteiger charge is -2.60. The molecule has 0 saturated heterocycles. The summed E-state index contributed by atoms with van der Waals surface area (Å²) < 4.78 is 0. The summed E-state index contributed by atoms with van der Waals surface area (Å²) >= 11 is 0.